The Labute approximate surface area is 360 Å². The maximum absolute atomic E-state index is 6.06. The van der Waals surface area contributed by atoms with Gasteiger partial charge in [0.25, 0.3) is 0 Å². The fourth-order valence-electron chi connectivity index (χ4n) is 8.30. The van der Waals surface area contributed by atoms with Gasteiger partial charge in [-0.2, -0.15) is 0 Å². The standard InChI is InChI=1S/C56H40N4O2/c1-3-11-45(12-4-1)59(49-35-27-43(28-36-49)55-57-51-15-7-9-17-53(51)61-55)47-31-23-41(24-32-47)39-19-21-40(22-20-39)42-25-33-48(34-26-42)60(46-13-5-2-6-14-46)50-37-29-44(30-38-50)56-58-52-16-8-10-18-54(52)62-56/h1-13,15-38,46H,14H2. The summed E-state index contributed by atoms with van der Waals surface area (Å²) >= 11 is 0. The maximum atomic E-state index is 6.06. The van der Waals surface area contributed by atoms with Crippen molar-refractivity contribution in [1.82, 2.24) is 9.97 Å². The number of para-hydroxylation sites is 5. The summed E-state index contributed by atoms with van der Waals surface area (Å²) in [7, 11) is 0. The number of rotatable bonds is 10. The van der Waals surface area contributed by atoms with Gasteiger partial charge in [-0.3, -0.25) is 0 Å². The first kappa shape index (κ1) is 36.8. The number of anilines is 5. The summed E-state index contributed by atoms with van der Waals surface area (Å²) in [5.41, 5.74) is 15.3. The molecule has 1 aliphatic rings. The molecule has 0 saturated carbocycles. The smallest absolute Gasteiger partial charge is 0.227 e. The Bertz CT molecular complexity index is 3120. The van der Waals surface area contributed by atoms with Crippen LogP contribution in [0, 0.1) is 0 Å². The van der Waals surface area contributed by atoms with Crippen molar-refractivity contribution in [2.24, 2.45) is 0 Å². The summed E-state index contributed by atoms with van der Waals surface area (Å²) in [6.45, 7) is 0. The van der Waals surface area contributed by atoms with Gasteiger partial charge in [0, 0.05) is 39.6 Å². The molecule has 8 aromatic carbocycles. The molecule has 0 radical (unpaired) electrons. The zero-order chi connectivity index (χ0) is 41.2. The molecule has 1 aliphatic carbocycles. The van der Waals surface area contributed by atoms with E-state index < -0.39 is 0 Å². The number of hydrogen-bond acceptors (Lipinski definition) is 6. The minimum Gasteiger partial charge on any atom is -0.436 e. The van der Waals surface area contributed by atoms with Gasteiger partial charge in [0.1, 0.15) is 11.0 Å². The molecule has 1 unspecified atom stereocenters. The molecule has 0 aliphatic heterocycles. The lowest BCUT2D eigenvalue weighted by atomic mass is 9.99. The summed E-state index contributed by atoms with van der Waals surface area (Å²) in [5, 5.41) is 0. The third kappa shape index (κ3) is 7.24. The molecule has 0 fully saturated rings. The highest BCUT2D eigenvalue weighted by atomic mass is 16.4. The first-order valence-corrected chi connectivity index (χ1v) is 20.9. The molecule has 10 aromatic rings. The van der Waals surface area contributed by atoms with Gasteiger partial charge in [0.05, 0.1) is 6.04 Å². The van der Waals surface area contributed by atoms with E-state index in [1.54, 1.807) is 0 Å². The molecule has 0 N–H and O–H groups in total. The first-order chi connectivity index (χ1) is 30.7. The Kier molecular flexibility index (Phi) is 9.56. The van der Waals surface area contributed by atoms with E-state index in [4.69, 9.17) is 18.8 Å². The van der Waals surface area contributed by atoms with Crippen LogP contribution in [-0.4, -0.2) is 16.0 Å². The van der Waals surface area contributed by atoms with Gasteiger partial charge >= 0.3 is 0 Å². The molecule has 6 nitrogen and oxygen atoms in total. The van der Waals surface area contributed by atoms with Crippen LogP contribution in [0.1, 0.15) is 6.42 Å². The fraction of sp³-hybridized carbons (Fsp3) is 0.0357. The van der Waals surface area contributed by atoms with Crippen molar-refractivity contribution in [3.8, 4) is 45.2 Å². The minimum absolute atomic E-state index is 0.193. The molecular formula is C56H40N4O2. The SMILES string of the molecule is C1=CCC(N(c2ccc(-c3ccc(-c4ccc(N(c5ccccc5)c5ccc(-c6nc7ccccc7o6)cc5)cc4)cc3)cc2)c2ccc(-c3nc4ccccc4o3)cc2)C=C1. The van der Waals surface area contributed by atoms with Crippen molar-refractivity contribution >= 4 is 50.6 Å². The Morgan fingerprint density at radius 2 is 0.758 bits per heavy atom. The number of fused-ring (bicyclic) bond motifs is 2. The molecule has 11 rings (SSSR count). The summed E-state index contributed by atoms with van der Waals surface area (Å²) in [6, 6.07) is 69.8. The Morgan fingerprint density at radius 1 is 0.371 bits per heavy atom. The number of benzene rings is 8. The molecule has 62 heavy (non-hydrogen) atoms. The Balaban J connectivity index is 0.820. The number of oxazole rings is 2. The van der Waals surface area contributed by atoms with Crippen LogP contribution in [0.15, 0.2) is 233 Å². The zero-order valence-corrected chi connectivity index (χ0v) is 33.8. The van der Waals surface area contributed by atoms with Gasteiger partial charge in [0.15, 0.2) is 11.2 Å². The number of allylic oxidation sites excluding steroid dienone is 2. The van der Waals surface area contributed by atoms with E-state index in [1.165, 1.54) is 11.1 Å². The number of aromatic nitrogens is 2. The van der Waals surface area contributed by atoms with Gasteiger partial charge in [-0.25, -0.2) is 9.97 Å². The van der Waals surface area contributed by atoms with Crippen LogP contribution in [0.4, 0.5) is 28.4 Å². The van der Waals surface area contributed by atoms with Crippen molar-refractivity contribution in [3.05, 3.63) is 224 Å². The molecule has 0 saturated heterocycles. The molecule has 0 amide bonds. The zero-order valence-electron chi connectivity index (χ0n) is 33.8. The van der Waals surface area contributed by atoms with Gasteiger partial charge < -0.3 is 18.6 Å². The van der Waals surface area contributed by atoms with E-state index in [1.807, 2.05) is 54.6 Å². The topological polar surface area (TPSA) is 58.5 Å². The van der Waals surface area contributed by atoms with Crippen LogP contribution in [-0.2, 0) is 0 Å². The predicted octanol–water partition coefficient (Wildman–Crippen LogP) is 15.1. The van der Waals surface area contributed by atoms with Crippen LogP contribution in [0.25, 0.3) is 67.4 Å². The highest BCUT2D eigenvalue weighted by Crippen LogP contribution is 2.38. The number of hydrogen-bond donors (Lipinski definition) is 0. The van der Waals surface area contributed by atoms with E-state index in [2.05, 4.69) is 180 Å². The van der Waals surface area contributed by atoms with Gasteiger partial charge in [-0.05, 0) is 138 Å². The van der Waals surface area contributed by atoms with E-state index in [-0.39, 0.29) is 6.04 Å². The Hall–Kier alpha value is -8.22. The van der Waals surface area contributed by atoms with E-state index in [0.717, 1.165) is 79.3 Å². The lowest BCUT2D eigenvalue weighted by Gasteiger charge is -2.32. The van der Waals surface area contributed by atoms with E-state index >= 15 is 0 Å². The van der Waals surface area contributed by atoms with Crippen molar-refractivity contribution < 1.29 is 8.83 Å². The molecule has 0 bridgehead atoms. The first-order valence-electron chi connectivity index (χ1n) is 20.9. The third-order valence-electron chi connectivity index (χ3n) is 11.5. The van der Waals surface area contributed by atoms with Crippen LogP contribution in [0.5, 0.6) is 0 Å². The molecule has 1 atom stereocenters. The maximum Gasteiger partial charge on any atom is 0.227 e. The van der Waals surface area contributed by atoms with Crippen molar-refractivity contribution in [1.29, 1.82) is 0 Å². The van der Waals surface area contributed by atoms with Gasteiger partial charge in [0.2, 0.25) is 11.8 Å². The molecular weight excluding hydrogens is 761 g/mol. The molecule has 6 heteroatoms. The summed E-state index contributed by atoms with van der Waals surface area (Å²) in [4.78, 5) is 14.1. The monoisotopic (exact) mass is 800 g/mol. The summed E-state index contributed by atoms with van der Waals surface area (Å²) < 4.78 is 12.1. The van der Waals surface area contributed by atoms with Gasteiger partial charge in [-0.15, -0.1) is 0 Å². The van der Waals surface area contributed by atoms with E-state index in [0.29, 0.717) is 11.8 Å². The average molecular weight is 801 g/mol. The predicted molar refractivity (Wildman–Crippen MR) is 253 cm³/mol. The molecule has 2 heterocycles. The average Bonchev–Trinajstić information content (AvgIpc) is 3.99. The van der Waals surface area contributed by atoms with Crippen molar-refractivity contribution in [3.63, 3.8) is 0 Å². The van der Waals surface area contributed by atoms with Crippen molar-refractivity contribution in [2.45, 2.75) is 12.5 Å². The molecule has 2 aromatic heterocycles. The van der Waals surface area contributed by atoms with Crippen LogP contribution in [0.2, 0.25) is 0 Å². The number of nitrogens with zero attached hydrogens (tertiary/aromatic N) is 4. The van der Waals surface area contributed by atoms with E-state index in [9.17, 15) is 0 Å². The highest BCUT2D eigenvalue weighted by molar-refractivity contribution is 5.82. The summed E-state index contributed by atoms with van der Waals surface area (Å²) in [6.07, 6.45) is 9.68. The highest BCUT2D eigenvalue weighted by Gasteiger charge is 2.20. The fourth-order valence-corrected chi connectivity index (χ4v) is 8.30. The van der Waals surface area contributed by atoms with Crippen LogP contribution in [0.3, 0.4) is 0 Å². The van der Waals surface area contributed by atoms with Crippen molar-refractivity contribution in [2.75, 3.05) is 9.80 Å². The lowest BCUT2D eigenvalue weighted by molar-refractivity contribution is 0.619. The Morgan fingerprint density at radius 3 is 1.19 bits per heavy atom. The second kappa shape index (κ2) is 16.1. The van der Waals surface area contributed by atoms with Crippen LogP contribution >= 0.6 is 0 Å². The third-order valence-corrected chi connectivity index (χ3v) is 11.5. The quantitative estimate of drug-likeness (QED) is 0.137. The van der Waals surface area contributed by atoms with Crippen LogP contribution < -0.4 is 9.80 Å². The minimum atomic E-state index is 0.193. The lowest BCUT2D eigenvalue weighted by Crippen LogP contribution is -2.29. The van der Waals surface area contributed by atoms with Gasteiger partial charge in [-0.1, -0.05) is 115 Å². The molecule has 296 valence electrons. The second-order valence-corrected chi connectivity index (χ2v) is 15.4. The largest absolute Gasteiger partial charge is 0.436 e. The second-order valence-electron chi connectivity index (χ2n) is 15.4. The summed E-state index contributed by atoms with van der Waals surface area (Å²) in [5.74, 6) is 1.24. The molecule has 0 spiro atoms. The normalized spacial score (nSPS) is 13.5.